The first kappa shape index (κ1) is 15.6. The number of rotatable bonds is 5. The molecule has 0 fully saturated rings. The maximum Gasteiger partial charge on any atom is 0.0673 e. The minimum Gasteiger partial charge on any atom is -0.301 e. The van der Waals surface area contributed by atoms with Crippen LogP contribution in [0.4, 0.5) is 0 Å². The number of H-pyrrole nitrogens is 1. The van der Waals surface area contributed by atoms with Crippen molar-refractivity contribution in [1.29, 1.82) is 0 Å². The van der Waals surface area contributed by atoms with Crippen LogP contribution in [0.25, 0.3) is 0 Å². The van der Waals surface area contributed by atoms with Crippen LogP contribution in [0.1, 0.15) is 51.7 Å². The summed E-state index contributed by atoms with van der Waals surface area (Å²) in [5, 5.41) is 13.0. The molecule has 1 aliphatic rings. The van der Waals surface area contributed by atoms with Gasteiger partial charge in [-0.05, 0) is 60.7 Å². The van der Waals surface area contributed by atoms with Gasteiger partial charge in [-0.1, -0.05) is 24.3 Å². The van der Waals surface area contributed by atoms with Gasteiger partial charge in [0.25, 0.3) is 0 Å². The topological polar surface area (TPSA) is 40.7 Å². The molecule has 0 spiro atoms. The normalized spacial score (nSPS) is 15.2. The Balaban J connectivity index is 1.62. The summed E-state index contributed by atoms with van der Waals surface area (Å²) >= 11 is 1.82. The monoisotopic (exact) mass is 337 g/mol. The molecule has 1 aromatic carbocycles. The van der Waals surface area contributed by atoms with E-state index in [2.05, 4.69) is 58.1 Å². The number of aromatic amines is 1. The van der Waals surface area contributed by atoms with E-state index < -0.39 is 0 Å². The molecule has 0 bridgehead atoms. The molecule has 24 heavy (non-hydrogen) atoms. The van der Waals surface area contributed by atoms with Crippen LogP contribution in [0, 0.1) is 6.92 Å². The number of thiophene rings is 1. The lowest BCUT2D eigenvalue weighted by atomic mass is 9.89. The van der Waals surface area contributed by atoms with E-state index in [0.717, 1.165) is 12.2 Å². The molecule has 2 N–H and O–H groups in total. The SMILES string of the molecule is Cc1[nH]ncc1CNC(c1ccc2c(c1)CCCC2)c1cccs1. The number of hydrogen-bond donors (Lipinski definition) is 2. The van der Waals surface area contributed by atoms with Gasteiger partial charge in [0.2, 0.25) is 0 Å². The minimum absolute atomic E-state index is 0.242. The highest BCUT2D eigenvalue weighted by Gasteiger charge is 2.18. The highest BCUT2D eigenvalue weighted by molar-refractivity contribution is 7.10. The number of hydrogen-bond acceptors (Lipinski definition) is 3. The van der Waals surface area contributed by atoms with Crippen LogP contribution in [-0.4, -0.2) is 10.2 Å². The smallest absolute Gasteiger partial charge is 0.0673 e. The lowest BCUT2D eigenvalue weighted by molar-refractivity contribution is 0.608. The minimum atomic E-state index is 0.242. The van der Waals surface area contributed by atoms with Crippen LogP contribution >= 0.6 is 11.3 Å². The van der Waals surface area contributed by atoms with Crippen LogP contribution in [-0.2, 0) is 19.4 Å². The van der Waals surface area contributed by atoms with E-state index in [9.17, 15) is 0 Å². The molecule has 4 rings (SSSR count). The van der Waals surface area contributed by atoms with Gasteiger partial charge in [0.15, 0.2) is 0 Å². The Morgan fingerprint density at radius 1 is 1.21 bits per heavy atom. The van der Waals surface area contributed by atoms with Crippen LogP contribution < -0.4 is 5.32 Å². The van der Waals surface area contributed by atoms with Crippen molar-refractivity contribution in [3.63, 3.8) is 0 Å². The van der Waals surface area contributed by atoms with Gasteiger partial charge in [-0.25, -0.2) is 0 Å². The van der Waals surface area contributed by atoms with Crippen molar-refractivity contribution in [1.82, 2.24) is 15.5 Å². The first-order valence-corrected chi connectivity index (χ1v) is 9.56. The number of nitrogens with one attached hydrogen (secondary N) is 2. The van der Waals surface area contributed by atoms with E-state index in [1.54, 1.807) is 11.1 Å². The summed E-state index contributed by atoms with van der Waals surface area (Å²) in [6, 6.07) is 11.7. The quantitative estimate of drug-likeness (QED) is 0.718. The van der Waals surface area contributed by atoms with Crippen LogP contribution in [0.15, 0.2) is 41.9 Å². The molecule has 0 saturated carbocycles. The van der Waals surface area contributed by atoms with Crippen molar-refractivity contribution in [2.75, 3.05) is 0 Å². The summed E-state index contributed by atoms with van der Waals surface area (Å²) in [5.74, 6) is 0. The van der Waals surface area contributed by atoms with Crippen molar-refractivity contribution in [3.8, 4) is 0 Å². The zero-order valence-electron chi connectivity index (χ0n) is 14.0. The van der Waals surface area contributed by atoms with Crippen LogP contribution in [0.3, 0.4) is 0 Å². The lowest BCUT2D eigenvalue weighted by Gasteiger charge is -2.22. The molecule has 0 aliphatic heterocycles. The number of aryl methyl sites for hydroxylation is 3. The molecule has 1 aliphatic carbocycles. The molecular weight excluding hydrogens is 314 g/mol. The van der Waals surface area contributed by atoms with E-state index >= 15 is 0 Å². The molecule has 2 heterocycles. The fourth-order valence-corrected chi connectivity index (χ4v) is 4.36. The second-order valence-electron chi connectivity index (χ2n) is 6.58. The Hall–Kier alpha value is -1.91. The zero-order valence-corrected chi connectivity index (χ0v) is 14.8. The highest BCUT2D eigenvalue weighted by Crippen LogP contribution is 2.30. The van der Waals surface area contributed by atoms with Gasteiger partial charge in [-0.15, -0.1) is 11.3 Å². The van der Waals surface area contributed by atoms with Crippen molar-refractivity contribution < 1.29 is 0 Å². The third kappa shape index (κ3) is 3.17. The molecule has 0 radical (unpaired) electrons. The summed E-state index contributed by atoms with van der Waals surface area (Å²) in [6.45, 7) is 2.89. The summed E-state index contributed by atoms with van der Waals surface area (Å²) in [7, 11) is 0. The zero-order chi connectivity index (χ0) is 16.4. The summed E-state index contributed by atoms with van der Waals surface area (Å²) in [4.78, 5) is 1.37. The Morgan fingerprint density at radius 3 is 2.83 bits per heavy atom. The Kier molecular flexibility index (Phi) is 4.50. The van der Waals surface area contributed by atoms with Gasteiger partial charge < -0.3 is 5.32 Å². The van der Waals surface area contributed by atoms with Gasteiger partial charge in [0.1, 0.15) is 0 Å². The van der Waals surface area contributed by atoms with E-state index in [1.165, 1.54) is 41.7 Å². The van der Waals surface area contributed by atoms with Crippen LogP contribution in [0.5, 0.6) is 0 Å². The second kappa shape index (κ2) is 6.91. The molecule has 1 unspecified atom stereocenters. The molecule has 3 nitrogen and oxygen atoms in total. The highest BCUT2D eigenvalue weighted by atomic mass is 32.1. The molecule has 2 aromatic heterocycles. The molecule has 1 atom stereocenters. The van der Waals surface area contributed by atoms with Gasteiger partial charge in [-0.2, -0.15) is 5.10 Å². The Labute approximate surface area is 147 Å². The number of benzene rings is 1. The standard InChI is InChI=1S/C20H23N3S/c1-14-18(13-22-23-14)12-21-20(19-7-4-10-24-19)17-9-8-15-5-2-3-6-16(15)11-17/h4,7-11,13,20-21H,2-3,5-6,12H2,1H3,(H,22,23). The van der Waals surface area contributed by atoms with E-state index in [1.807, 2.05) is 17.5 Å². The molecule has 4 heteroatoms. The molecular formula is C20H23N3S. The van der Waals surface area contributed by atoms with Gasteiger partial charge in [0, 0.05) is 22.7 Å². The van der Waals surface area contributed by atoms with Crippen molar-refractivity contribution in [2.45, 2.75) is 45.2 Å². The Bertz CT molecular complexity index is 804. The van der Waals surface area contributed by atoms with E-state index in [4.69, 9.17) is 0 Å². The molecule has 3 aromatic rings. The van der Waals surface area contributed by atoms with Gasteiger partial charge in [0.05, 0.1) is 12.2 Å². The fourth-order valence-electron chi connectivity index (χ4n) is 3.54. The predicted octanol–water partition coefficient (Wildman–Crippen LogP) is 4.54. The summed E-state index contributed by atoms with van der Waals surface area (Å²) < 4.78 is 0. The summed E-state index contributed by atoms with van der Waals surface area (Å²) in [5.41, 5.74) is 6.83. The molecule has 0 amide bonds. The fraction of sp³-hybridized carbons (Fsp3) is 0.350. The second-order valence-corrected chi connectivity index (χ2v) is 7.56. The Morgan fingerprint density at radius 2 is 2.08 bits per heavy atom. The number of aromatic nitrogens is 2. The number of fused-ring (bicyclic) bond motifs is 1. The van der Waals surface area contributed by atoms with Gasteiger partial charge in [-0.3, -0.25) is 5.10 Å². The van der Waals surface area contributed by atoms with Crippen LogP contribution in [0.2, 0.25) is 0 Å². The third-order valence-electron chi connectivity index (χ3n) is 4.96. The predicted molar refractivity (Wildman–Crippen MR) is 99.4 cm³/mol. The van der Waals surface area contributed by atoms with Gasteiger partial charge >= 0.3 is 0 Å². The van der Waals surface area contributed by atoms with Crippen molar-refractivity contribution in [2.24, 2.45) is 0 Å². The molecule has 0 saturated heterocycles. The van der Waals surface area contributed by atoms with E-state index in [-0.39, 0.29) is 6.04 Å². The summed E-state index contributed by atoms with van der Waals surface area (Å²) in [6.07, 6.45) is 7.03. The third-order valence-corrected chi connectivity index (χ3v) is 5.90. The largest absolute Gasteiger partial charge is 0.301 e. The van der Waals surface area contributed by atoms with Crippen molar-refractivity contribution in [3.05, 3.63) is 74.7 Å². The maximum absolute atomic E-state index is 4.13. The first-order valence-electron chi connectivity index (χ1n) is 8.68. The maximum atomic E-state index is 4.13. The van der Waals surface area contributed by atoms with E-state index in [0.29, 0.717) is 0 Å². The average molecular weight is 337 g/mol. The molecule has 124 valence electrons. The van der Waals surface area contributed by atoms with Crippen molar-refractivity contribution >= 4 is 11.3 Å². The lowest BCUT2D eigenvalue weighted by Crippen LogP contribution is -2.22. The first-order chi connectivity index (χ1) is 11.8. The average Bonchev–Trinajstić information content (AvgIpc) is 3.27. The number of nitrogens with zero attached hydrogens (tertiary/aromatic N) is 1.